The van der Waals surface area contributed by atoms with Gasteiger partial charge in [-0.1, -0.05) is 30.7 Å². The number of amides is 1. The van der Waals surface area contributed by atoms with Gasteiger partial charge in [0.15, 0.2) is 5.69 Å². The maximum absolute atomic E-state index is 13.7. The average Bonchev–Trinajstić information content (AvgIpc) is 3.33. The summed E-state index contributed by atoms with van der Waals surface area (Å²) in [6.45, 7) is 0.744. The maximum atomic E-state index is 13.7. The Morgan fingerprint density at radius 1 is 1.16 bits per heavy atom. The van der Waals surface area contributed by atoms with Gasteiger partial charge >= 0.3 is 6.55 Å². The lowest BCUT2D eigenvalue weighted by Crippen LogP contribution is -2.29. The molecule has 2 aromatic heterocycles. The molecule has 0 radical (unpaired) electrons. The summed E-state index contributed by atoms with van der Waals surface area (Å²) in [6, 6.07) is 13.6. The van der Waals surface area contributed by atoms with E-state index in [0.29, 0.717) is 33.3 Å². The third-order valence-corrected chi connectivity index (χ3v) is 5.18. The molecule has 9 heteroatoms. The Morgan fingerprint density at radius 3 is 2.58 bits per heavy atom. The van der Waals surface area contributed by atoms with Crippen molar-refractivity contribution in [3.05, 3.63) is 70.8 Å². The second-order valence-electron chi connectivity index (χ2n) is 7.15. The summed E-state index contributed by atoms with van der Waals surface area (Å²) in [5.74, 6) is -0.0432. The molecule has 0 aliphatic carbocycles. The summed E-state index contributed by atoms with van der Waals surface area (Å²) in [7, 11) is 0. The van der Waals surface area contributed by atoms with Crippen molar-refractivity contribution >= 4 is 28.5 Å². The molecule has 0 aliphatic heterocycles. The fraction of sp³-hybridized carbons (Fsp3) is 0.227. The highest BCUT2D eigenvalue weighted by atomic mass is 35.5. The van der Waals surface area contributed by atoms with E-state index in [0.717, 1.165) is 4.57 Å². The van der Waals surface area contributed by atoms with E-state index in [4.69, 9.17) is 16.0 Å². The first-order valence-electron chi connectivity index (χ1n) is 9.61. The summed E-state index contributed by atoms with van der Waals surface area (Å²) in [4.78, 5) is 21.3. The van der Waals surface area contributed by atoms with E-state index in [1.807, 2.05) is 0 Å². The average molecular weight is 445 g/mol. The van der Waals surface area contributed by atoms with Crippen LogP contribution in [0.3, 0.4) is 0 Å². The largest absolute Gasteiger partial charge is 0.441 e. The van der Waals surface area contributed by atoms with Gasteiger partial charge in [-0.25, -0.2) is 9.97 Å². The smallest absolute Gasteiger partial charge is 0.320 e. The van der Waals surface area contributed by atoms with Crippen LogP contribution in [0.25, 0.3) is 22.5 Å². The first-order chi connectivity index (χ1) is 14.8. The number of nitrogens with one attached hydrogen (secondary N) is 1. The van der Waals surface area contributed by atoms with Crippen LogP contribution in [0.4, 0.5) is 8.78 Å². The highest BCUT2D eigenvalue weighted by molar-refractivity contribution is 6.30. The van der Waals surface area contributed by atoms with Crippen LogP contribution in [0.5, 0.6) is 0 Å². The van der Waals surface area contributed by atoms with Crippen LogP contribution in [0, 0.1) is 6.92 Å². The molecule has 0 aliphatic rings. The minimum absolute atomic E-state index is 0.109. The molecule has 0 fully saturated rings. The van der Waals surface area contributed by atoms with Gasteiger partial charge in [0.2, 0.25) is 5.89 Å². The predicted octanol–water partition coefficient (Wildman–Crippen LogP) is 5.58. The Morgan fingerprint density at radius 2 is 1.87 bits per heavy atom. The Labute approximate surface area is 181 Å². The van der Waals surface area contributed by atoms with Gasteiger partial charge in [-0.2, -0.15) is 8.78 Å². The molecule has 0 bridgehead atoms. The molecule has 1 amide bonds. The van der Waals surface area contributed by atoms with Crippen LogP contribution >= 0.6 is 11.6 Å². The van der Waals surface area contributed by atoms with Crippen molar-refractivity contribution in [2.24, 2.45) is 0 Å². The molecule has 4 rings (SSSR count). The summed E-state index contributed by atoms with van der Waals surface area (Å²) in [6.07, 6.45) is 0. The van der Waals surface area contributed by atoms with Gasteiger partial charge in [0, 0.05) is 23.0 Å². The Balaban J connectivity index is 1.51. The number of para-hydroxylation sites is 2. The number of carbonyl (C=O) groups excluding carboxylic acids is 1. The van der Waals surface area contributed by atoms with Crippen LogP contribution in [0.1, 0.15) is 41.5 Å². The molecule has 0 spiro atoms. The topological polar surface area (TPSA) is 73.0 Å². The van der Waals surface area contributed by atoms with E-state index in [2.05, 4.69) is 15.3 Å². The van der Waals surface area contributed by atoms with Crippen molar-refractivity contribution in [2.45, 2.75) is 26.3 Å². The van der Waals surface area contributed by atoms with Crippen molar-refractivity contribution in [3.63, 3.8) is 0 Å². The number of rotatable bonds is 6. The normalized spacial score (nSPS) is 12.5. The van der Waals surface area contributed by atoms with Crippen molar-refractivity contribution < 1.29 is 18.0 Å². The number of hydrogen-bond donors (Lipinski definition) is 1. The van der Waals surface area contributed by atoms with Gasteiger partial charge in [-0.3, -0.25) is 9.36 Å². The highest BCUT2D eigenvalue weighted by Crippen LogP contribution is 2.27. The number of nitrogens with zero attached hydrogens (tertiary/aromatic N) is 3. The molecule has 31 heavy (non-hydrogen) atoms. The van der Waals surface area contributed by atoms with E-state index in [9.17, 15) is 13.6 Å². The third-order valence-electron chi connectivity index (χ3n) is 4.93. The van der Waals surface area contributed by atoms with Gasteiger partial charge in [0.05, 0.1) is 11.0 Å². The quantitative estimate of drug-likeness (QED) is 0.421. The minimum atomic E-state index is -2.74. The standard InChI is InChI=1S/C22H19ClF2N4O2/c1-12(19-27-16-5-3-4-6-17(16)29(19)22(24)25)11-26-20(30)18-13(2)31-21(28-18)14-7-9-15(23)10-8-14/h3-10,12,22H,11H2,1-2H3,(H,26,30)/t12-/m1/s1. The fourth-order valence-corrected chi connectivity index (χ4v) is 3.49. The van der Waals surface area contributed by atoms with Gasteiger partial charge in [0.1, 0.15) is 11.6 Å². The zero-order valence-electron chi connectivity index (χ0n) is 16.8. The third kappa shape index (κ3) is 4.16. The summed E-state index contributed by atoms with van der Waals surface area (Å²) < 4.78 is 33.8. The van der Waals surface area contributed by atoms with Crippen LogP contribution in [-0.2, 0) is 0 Å². The lowest BCUT2D eigenvalue weighted by Gasteiger charge is -2.14. The van der Waals surface area contributed by atoms with Gasteiger partial charge in [-0.05, 0) is 43.3 Å². The number of aryl methyl sites for hydroxylation is 1. The maximum Gasteiger partial charge on any atom is 0.320 e. The SMILES string of the molecule is Cc1oc(-c2ccc(Cl)cc2)nc1C(=O)NC[C@@H](C)c1nc2ccccc2n1C(F)F. The number of carbonyl (C=O) groups is 1. The number of benzene rings is 2. The van der Waals surface area contributed by atoms with Crippen molar-refractivity contribution in [2.75, 3.05) is 6.54 Å². The Kier molecular flexibility index (Phi) is 5.73. The molecule has 160 valence electrons. The van der Waals surface area contributed by atoms with Crippen molar-refractivity contribution in [3.8, 4) is 11.5 Å². The Hall–Kier alpha value is -3.26. The number of halogens is 3. The number of aromatic nitrogens is 3. The first kappa shape index (κ1) is 21.0. The van der Waals surface area contributed by atoms with E-state index in [1.165, 1.54) is 0 Å². The highest BCUT2D eigenvalue weighted by Gasteiger charge is 2.23. The monoisotopic (exact) mass is 444 g/mol. The van der Waals surface area contributed by atoms with Gasteiger partial charge < -0.3 is 9.73 Å². The summed E-state index contributed by atoms with van der Waals surface area (Å²) in [5, 5.41) is 3.32. The van der Waals surface area contributed by atoms with Crippen LogP contribution in [-0.4, -0.2) is 27.0 Å². The lowest BCUT2D eigenvalue weighted by molar-refractivity contribution is 0.0703. The van der Waals surface area contributed by atoms with Gasteiger partial charge in [-0.15, -0.1) is 0 Å². The number of hydrogen-bond acceptors (Lipinski definition) is 4. The molecule has 0 unspecified atom stereocenters. The molecule has 2 heterocycles. The Bertz CT molecular complexity index is 1230. The second-order valence-corrected chi connectivity index (χ2v) is 7.58. The first-order valence-corrected chi connectivity index (χ1v) is 9.99. The molecular weight excluding hydrogens is 426 g/mol. The lowest BCUT2D eigenvalue weighted by atomic mass is 10.1. The molecular formula is C22H19ClF2N4O2. The molecule has 6 nitrogen and oxygen atoms in total. The molecule has 1 atom stereocenters. The van der Waals surface area contributed by atoms with Gasteiger partial charge in [0.25, 0.3) is 5.91 Å². The van der Waals surface area contributed by atoms with Crippen molar-refractivity contribution in [1.29, 1.82) is 0 Å². The molecule has 0 saturated carbocycles. The fourth-order valence-electron chi connectivity index (χ4n) is 3.36. The van der Waals surface area contributed by atoms with Crippen molar-refractivity contribution in [1.82, 2.24) is 19.9 Å². The number of oxazole rings is 1. The van der Waals surface area contributed by atoms with Crippen LogP contribution in [0.15, 0.2) is 52.9 Å². The van der Waals surface area contributed by atoms with E-state index < -0.39 is 18.4 Å². The van der Waals surface area contributed by atoms with E-state index >= 15 is 0 Å². The predicted molar refractivity (Wildman–Crippen MR) is 113 cm³/mol. The van der Waals surface area contributed by atoms with Crippen LogP contribution < -0.4 is 5.32 Å². The number of imidazole rings is 1. The summed E-state index contributed by atoms with van der Waals surface area (Å²) >= 11 is 5.89. The summed E-state index contributed by atoms with van der Waals surface area (Å²) in [5.41, 5.74) is 1.66. The number of alkyl halides is 2. The van der Waals surface area contributed by atoms with Crippen LogP contribution in [0.2, 0.25) is 5.02 Å². The van der Waals surface area contributed by atoms with E-state index in [-0.39, 0.29) is 18.1 Å². The minimum Gasteiger partial charge on any atom is -0.441 e. The molecule has 4 aromatic rings. The molecule has 0 saturated heterocycles. The number of fused-ring (bicyclic) bond motifs is 1. The second kappa shape index (κ2) is 8.47. The zero-order chi connectivity index (χ0) is 22.1. The zero-order valence-corrected chi connectivity index (χ0v) is 17.5. The van der Waals surface area contributed by atoms with E-state index in [1.54, 1.807) is 62.4 Å². The molecule has 1 N–H and O–H groups in total. The molecule has 2 aromatic carbocycles.